The molecule has 1 aliphatic heterocycles. The summed E-state index contributed by atoms with van der Waals surface area (Å²) < 4.78 is 33.1. The van der Waals surface area contributed by atoms with Gasteiger partial charge in [0, 0.05) is 12.3 Å². The third kappa shape index (κ3) is 3.10. The maximum absolute atomic E-state index is 11.2. The Morgan fingerprint density at radius 1 is 1.29 bits per heavy atom. The first kappa shape index (κ1) is 12.2. The highest BCUT2D eigenvalue weighted by atomic mass is 32.2. The molecule has 6 heteroatoms. The lowest BCUT2D eigenvalue weighted by Crippen LogP contribution is -2.21. The van der Waals surface area contributed by atoms with E-state index in [1.165, 1.54) is 6.26 Å². The zero-order chi connectivity index (χ0) is 12.5. The summed E-state index contributed by atoms with van der Waals surface area (Å²) in [6, 6.07) is 4.72. The van der Waals surface area contributed by atoms with Crippen LogP contribution in [0.25, 0.3) is 0 Å². The van der Waals surface area contributed by atoms with E-state index in [2.05, 4.69) is 0 Å². The minimum absolute atomic E-state index is 0.0767. The third-order valence-electron chi connectivity index (χ3n) is 2.48. The number of rotatable bonds is 3. The van der Waals surface area contributed by atoms with Crippen molar-refractivity contribution in [2.75, 3.05) is 25.2 Å². The highest BCUT2D eigenvalue weighted by Crippen LogP contribution is 2.32. The second-order valence-electron chi connectivity index (χ2n) is 4.10. The van der Waals surface area contributed by atoms with Gasteiger partial charge in [0.2, 0.25) is 0 Å². The van der Waals surface area contributed by atoms with Gasteiger partial charge >= 0.3 is 0 Å². The molecule has 0 amide bonds. The van der Waals surface area contributed by atoms with Gasteiger partial charge in [0.1, 0.15) is 23.1 Å². The zero-order valence-electron chi connectivity index (χ0n) is 9.55. The lowest BCUT2D eigenvalue weighted by atomic mass is 10.1. The van der Waals surface area contributed by atoms with Crippen molar-refractivity contribution in [3.05, 3.63) is 23.8 Å². The second-order valence-corrected chi connectivity index (χ2v) is 6.29. The fourth-order valence-electron chi connectivity index (χ4n) is 1.71. The molecular weight excluding hydrogens is 242 g/mol. The van der Waals surface area contributed by atoms with Crippen LogP contribution in [0.4, 0.5) is 0 Å². The van der Waals surface area contributed by atoms with Crippen LogP contribution >= 0.6 is 0 Å². The first-order valence-corrected chi connectivity index (χ1v) is 7.34. The van der Waals surface area contributed by atoms with Crippen molar-refractivity contribution in [2.24, 2.45) is 5.73 Å². The molecule has 0 aromatic heterocycles. The van der Waals surface area contributed by atoms with Crippen LogP contribution in [-0.2, 0) is 9.84 Å². The molecule has 1 aliphatic rings. The van der Waals surface area contributed by atoms with Gasteiger partial charge in [-0.3, -0.25) is 0 Å². The summed E-state index contributed by atoms with van der Waals surface area (Å²) in [6.45, 7) is 1.03. The van der Waals surface area contributed by atoms with Crippen molar-refractivity contribution < 1.29 is 17.9 Å². The van der Waals surface area contributed by atoms with Gasteiger partial charge in [-0.05, 0) is 17.7 Å². The SMILES string of the molecule is CS(=O)(=O)CC(N)c1ccc2c(c1)OCCO2. The van der Waals surface area contributed by atoms with Gasteiger partial charge in [-0.1, -0.05) is 6.07 Å². The van der Waals surface area contributed by atoms with Gasteiger partial charge < -0.3 is 15.2 Å². The second kappa shape index (κ2) is 4.54. The van der Waals surface area contributed by atoms with Gasteiger partial charge in [-0.2, -0.15) is 0 Å². The average molecular weight is 257 g/mol. The molecule has 1 unspecified atom stereocenters. The van der Waals surface area contributed by atoms with Crippen LogP contribution < -0.4 is 15.2 Å². The molecule has 2 rings (SSSR count). The van der Waals surface area contributed by atoms with Gasteiger partial charge in [0.15, 0.2) is 11.5 Å². The molecule has 1 atom stereocenters. The first-order valence-electron chi connectivity index (χ1n) is 5.28. The Bertz CT molecular complexity index is 512. The van der Waals surface area contributed by atoms with Crippen LogP contribution in [0.15, 0.2) is 18.2 Å². The molecule has 0 radical (unpaired) electrons. The summed E-state index contributed by atoms with van der Waals surface area (Å²) in [5.41, 5.74) is 6.57. The number of ether oxygens (including phenoxy) is 2. The summed E-state index contributed by atoms with van der Waals surface area (Å²) in [4.78, 5) is 0. The fraction of sp³-hybridized carbons (Fsp3) is 0.455. The van der Waals surface area contributed by atoms with Crippen LogP contribution in [-0.4, -0.2) is 33.6 Å². The summed E-state index contributed by atoms with van der Waals surface area (Å²) >= 11 is 0. The highest BCUT2D eigenvalue weighted by molar-refractivity contribution is 7.90. The van der Waals surface area contributed by atoms with Gasteiger partial charge in [0.25, 0.3) is 0 Å². The summed E-state index contributed by atoms with van der Waals surface area (Å²) in [5.74, 6) is 1.22. The van der Waals surface area contributed by atoms with Crippen LogP contribution in [0.3, 0.4) is 0 Å². The molecule has 0 spiro atoms. The molecular formula is C11H15NO4S. The Balaban J connectivity index is 2.22. The number of hydrogen-bond acceptors (Lipinski definition) is 5. The molecule has 5 nitrogen and oxygen atoms in total. The van der Waals surface area contributed by atoms with E-state index in [0.29, 0.717) is 24.7 Å². The van der Waals surface area contributed by atoms with Gasteiger partial charge in [0.05, 0.1) is 5.75 Å². The summed E-state index contributed by atoms with van der Waals surface area (Å²) in [7, 11) is -3.09. The van der Waals surface area contributed by atoms with E-state index in [1.807, 2.05) is 0 Å². The van der Waals surface area contributed by atoms with E-state index < -0.39 is 15.9 Å². The number of benzene rings is 1. The number of sulfone groups is 1. The summed E-state index contributed by atoms with van der Waals surface area (Å²) in [5, 5.41) is 0. The highest BCUT2D eigenvalue weighted by Gasteiger charge is 2.17. The van der Waals surface area contributed by atoms with Crippen molar-refractivity contribution in [2.45, 2.75) is 6.04 Å². The average Bonchev–Trinajstić information content (AvgIpc) is 2.26. The van der Waals surface area contributed by atoms with Crippen LogP contribution in [0.1, 0.15) is 11.6 Å². The molecule has 0 saturated heterocycles. The molecule has 0 fully saturated rings. The Kier molecular flexibility index (Phi) is 3.26. The van der Waals surface area contributed by atoms with Gasteiger partial charge in [-0.15, -0.1) is 0 Å². The molecule has 1 heterocycles. The number of nitrogens with two attached hydrogens (primary N) is 1. The normalized spacial score (nSPS) is 16.6. The van der Waals surface area contributed by atoms with Crippen LogP contribution in [0.2, 0.25) is 0 Å². The van der Waals surface area contributed by atoms with E-state index in [9.17, 15) is 8.42 Å². The minimum Gasteiger partial charge on any atom is -0.486 e. The van der Waals surface area contributed by atoms with E-state index in [-0.39, 0.29) is 5.75 Å². The van der Waals surface area contributed by atoms with Crippen molar-refractivity contribution in [3.63, 3.8) is 0 Å². The standard InChI is InChI=1S/C11H15NO4S/c1-17(13,14)7-9(12)8-2-3-10-11(6-8)16-5-4-15-10/h2-3,6,9H,4-5,7,12H2,1H3. The van der Waals surface area contributed by atoms with E-state index in [0.717, 1.165) is 5.56 Å². The maximum atomic E-state index is 11.2. The molecule has 1 aromatic rings. The maximum Gasteiger partial charge on any atom is 0.161 e. The van der Waals surface area contributed by atoms with Crippen molar-refractivity contribution >= 4 is 9.84 Å². The monoisotopic (exact) mass is 257 g/mol. The Labute approximate surface area is 100 Å². The van der Waals surface area contributed by atoms with Gasteiger partial charge in [-0.25, -0.2) is 8.42 Å². The molecule has 0 saturated carbocycles. The molecule has 0 aliphatic carbocycles. The summed E-state index contributed by atoms with van der Waals surface area (Å²) in [6.07, 6.45) is 1.17. The Morgan fingerprint density at radius 2 is 1.94 bits per heavy atom. The third-order valence-corrected chi connectivity index (χ3v) is 3.44. The molecule has 17 heavy (non-hydrogen) atoms. The number of hydrogen-bond donors (Lipinski definition) is 1. The Morgan fingerprint density at radius 3 is 2.59 bits per heavy atom. The lowest BCUT2D eigenvalue weighted by Gasteiger charge is -2.20. The van der Waals surface area contributed by atoms with E-state index in [4.69, 9.17) is 15.2 Å². The molecule has 94 valence electrons. The lowest BCUT2D eigenvalue weighted by molar-refractivity contribution is 0.171. The van der Waals surface area contributed by atoms with Crippen molar-refractivity contribution in [1.82, 2.24) is 0 Å². The fourth-order valence-corrected chi connectivity index (χ4v) is 2.56. The minimum atomic E-state index is -3.09. The smallest absolute Gasteiger partial charge is 0.161 e. The van der Waals surface area contributed by atoms with E-state index >= 15 is 0 Å². The first-order chi connectivity index (χ1) is 7.96. The Hall–Kier alpha value is -1.27. The van der Waals surface area contributed by atoms with Crippen molar-refractivity contribution in [3.8, 4) is 11.5 Å². The predicted molar refractivity (Wildman–Crippen MR) is 64.1 cm³/mol. The largest absolute Gasteiger partial charge is 0.486 e. The molecule has 0 bridgehead atoms. The van der Waals surface area contributed by atoms with Crippen LogP contribution in [0.5, 0.6) is 11.5 Å². The van der Waals surface area contributed by atoms with Crippen LogP contribution in [0, 0.1) is 0 Å². The molecule has 1 aromatic carbocycles. The number of fused-ring (bicyclic) bond motifs is 1. The zero-order valence-corrected chi connectivity index (χ0v) is 10.4. The topological polar surface area (TPSA) is 78.6 Å². The van der Waals surface area contributed by atoms with E-state index in [1.54, 1.807) is 18.2 Å². The van der Waals surface area contributed by atoms with Crippen molar-refractivity contribution in [1.29, 1.82) is 0 Å². The molecule has 2 N–H and O–H groups in total. The quantitative estimate of drug-likeness (QED) is 0.853. The predicted octanol–water partition coefficient (Wildman–Crippen LogP) is 0.502.